The summed E-state index contributed by atoms with van der Waals surface area (Å²) < 4.78 is 0. The first-order valence-electron chi connectivity index (χ1n) is 10.3. The average molecular weight is 411 g/mol. The first-order valence-corrected chi connectivity index (χ1v) is 11.9. The maximum atomic E-state index is 10.9. The van der Waals surface area contributed by atoms with Crippen molar-refractivity contribution in [1.82, 2.24) is 15.0 Å². The van der Waals surface area contributed by atoms with Crippen LogP contribution >= 0.6 is 10.5 Å². The molecule has 7 nitrogen and oxygen atoms in total. The van der Waals surface area contributed by atoms with Gasteiger partial charge in [0, 0.05) is 25.5 Å². The number of fused-ring (bicyclic) bond motifs is 1. The molecule has 0 amide bonds. The average Bonchev–Trinajstić information content (AvgIpc) is 3.40. The third-order valence-corrected chi connectivity index (χ3v) is 8.06. The van der Waals surface area contributed by atoms with Crippen LogP contribution in [-0.4, -0.2) is 51.7 Å². The Morgan fingerprint density at radius 3 is 2.69 bits per heavy atom. The summed E-state index contributed by atoms with van der Waals surface area (Å²) in [5.74, 6) is 7.63. The maximum Gasteiger partial charge on any atom is 0.227 e. The smallest absolute Gasteiger partial charge is 0.227 e. The summed E-state index contributed by atoms with van der Waals surface area (Å²) >= 11 is 0. The normalized spacial score (nSPS) is 22.9. The summed E-state index contributed by atoms with van der Waals surface area (Å²) in [4.78, 5) is 28.3. The van der Waals surface area contributed by atoms with Gasteiger partial charge in [0.2, 0.25) is 5.95 Å². The van der Waals surface area contributed by atoms with E-state index in [-0.39, 0.29) is 16.0 Å². The molecule has 5 rings (SSSR count). The second-order valence-electron chi connectivity index (χ2n) is 8.33. The van der Waals surface area contributed by atoms with Gasteiger partial charge in [-0.15, -0.1) is 0 Å². The molecule has 8 heteroatoms. The van der Waals surface area contributed by atoms with E-state index < -0.39 is 0 Å². The van der Waals surface area contributed by atoms with E-state index in [9.17, 15) is 4.91 Å². The molecule has 1 saturated carbocycles. The lowest BCUT2D eigenvalue weighted by molar-refractivity contribution is 0.498. The summed E-state index contributed by atoms with van der Waals surface area (Å²) in [7, 11) is -0.0847. The van der Waals surface area contributed by atoms with E-state index in [0.29, 0.717) is 12.5 Å². The zero-order valence-electron chi connectivity index (χ0n) is 16.5. The van der Waals surface area contributed by atoms with E-state index >= 15 is 0 Å². The molecule has 2 aliphatic heterocycles. The first-order chi connectivity index (χ1) is 14.2. The number of pyridine rings is 1. The van der Waals surface area contributed by atoms with Crippen LogP contribution in [0.15, 0.2) is 34.6 Å². The molecule has 0 spiro atoms. The van der Waals surface area contributed by atoms with Crippen molar-refractivity contribution in [3.05, 3.63) is 40.7 Å². The number of hydrogen-bond donors (Lipinski definition) is 1. The number of anilines is 2. The lowest BCUT2D eigenvalue weighted by Crippen LogP contribution is -2.35. The van der Waals surface area contributed by atoms with Gasteiger partial charge in [-0.1, -0.05) is 11.0 Å². The third-order valence-electron chi connectivity index (χ3n) is 6.36. The van der Waals surface area contributed by atoms with Crippen LogP contribution < -0.4 is 10.2 Å². The number of nitroso groups, excluding NO2 is 1. The van der Waals surface area contributed by atoms with Crippen molar-refractivity contribution >= 4 is 28.1 Å². The second-order valence-corrected chi connectivity index (χ2v) is 10.1. The largest absolute Gasteiger partial charge is 0.362 e. The molecule has 152 valence electrons. The molecule has 1 saturated heterocycles. The molecule has 0 bridgehead atoms. The van der Waals surface area contributed by atoms with Gasteiger partial charge in [-0.3, -0.25) is 4.98 Å². The highest BCUT2D eigenvalue weighted by Crippen LogP contribution is 2.46. The quantitative estimate of drug-likeness (QED) is 0.579. The second kappa shape index (κ2) is 7.48. The Kier molecular flexibility index (Phi) is 4.81. The van der Waals surface area contributed by atoms with Crippen LogP contribution in [0.3, 0.4) is 0 Å². The monoisotopic (exact) mass is 410 g/mol. The number of nitrogens with zero attached hydrogens (tertiary/aromatic N) is 5. The van der Waals surface area contributed by atoms with Crippen molar-refractivity contribution in [2.75, 3.05) is 35.6 Å². The van der Waals surface area contributed by atoms with Crippen molar-refractivity contribution in [3.8, 4) is 0 Å². The molecule has 2 aromatic heterocycles. The minimum absolute atomic E-state index is 0.0847. The number of rotatable bonds is 6. The van der Waals surface area contributed by atoms with E-state index in [2.05, 4.69) is 38.4 Å². The number of piperidine rings is 1. The van der Waals surface area contributed by atoms with Crippen molar-refractivity contribution < 1.29 is 0 Å². The lowest BCUT2D eigenvalue weighted by atomic mass is 9.90. The number of nitrogens with one attached hydrogen (secondary N) is 1. The minimum atomic E-state index is -0.206. The fourth-order valence-electron chi connectivity index (χ4n) is 4.40. The molecule has 0 radical (unpaired) electrons. The summed E-state index contributed by atoms with van der Waals surface area (Å²) in [5, 5.41) is 6.71. The minimum Gasteiger partial charge on any atom is -0.362 e. The van der Waals surface area contributed by atoms with E-state index in [0.717, 1.165) is 73.3 Å². The lowest BCUT2D eigenvalue weighted by Gasteiger charge is -2.33. The molecule has 4 heterocycles. The van der Waals surface area contributed by atoms with Gasteiger partial charge in [0.05, 0.1) is 16.1 Å². The summed E-state index contributed by atoms with van der Waals surface area (Å²) in [6, 6.07) is 4.25. The van der Waals surface area contributed by atoms with Gasteiger partial charge in [-0.05, 0) is 61.5 Å². The predicted octanol–water partition coefficient (Wildman–Crippen LogP) is 3.58. The number of aryl methyl sites for hydroxylation is 1. The molecule has 1 N–H and O–H groups in total. The predicted molar refractivity (Wildman–Crippen MR) is 118 cm³/mol. The van der Waals surface area contributed by atoms with E-state index in [1.807, 2.05) is 12.4 Å². The maximum absolute atomic E-state index is 10.9. The Labute approximate surface area is 173 Å². The fraction of sp³-hybridized carbons (Fsp3) is 0.524. The van der Waals surface area contributed by atoms with Crippen molar-refractivity contribution in [3.63, 3.8) is 0 Å². The number of aromatic nitrogens is 3. The van der Waals surface area contributed by atoms with Crippen LogP contribution in [0.1, 0.15) is 42.9 Å². The first kappa shape index (κ1) is 18.7. The molecular weight excluding hydrogens is 384 g/mol. The van der Waals surface area contributed by atoms with E-state index in [1.54, 1.807) is 0 Å². The van der Waals surface area contributed by atoms with E-state index in [1.165, 1.54) is 5.56 Å². The summed E-state index contributed by atoms with van der Waals surface area (Å²) in [5.41, 5.74) is 2.29. The Balaban J connectivity index is 1.38. The van der Waals surface area contributed by atoms with Crippen LogP contribution in [-0.2, 0) is 6.42 Å². The third kappa shape index (κ3) is 3.66. The van der Waals surface area contributed by atoms with Gasteiger partial charge in [-0.2, -0.15) is 20.4 Å². The topological polar surface area (TPSA) is 83.4 Å². The number of hydrogen-bond acceptors (Lipinski definition) is 7. The highest BCUT2D eigenvalue weighted by Gasteiger charge is 2.44. The highest BCUT2D eigenvalue weighted by molar-refractivity contribution is 8.14. The summed E-state index contributed by atoms with van der Waals surface area (Å²) in [6.07, 6.45) is 8.82. The van der Waals surface area contributed by atoms with Crippen LogP contribution in [0.25, 0.3) is 0 Å². The van der Waals surface area contributed by atoms with Crippen LogP contribution in [0.5, 0.6) is 0 Å². The van der Waals surface area contributed by atoms with Gasteiger partial charge in [0.1, 0.15) is 12.4 Å². The molecule has 1 aliphatic carbocycles. The van der Waals surface area contributed by atoms with Gasteiger partial charge in [0.25, 0.3) is 0 Å². The molecule has 2 aromatic rings. The standard InChI is InChI=1S/C21H26N6OS/c1-29-13-6-17-18(29)19(26-21(7-8-21)14-23-28)25-20(24-17)27-11-4-16(5-12-27)15-2-9-22-10-3-15/h2-3,9-10,16H,1,4-8,11-14H2,(H,24,25,26). The van der Waals surface area contributed by atoms with Gasteiger partial charge in [0.15, 0.2) is 0 Å². The van der Waals surface area contributed by atoms with Crippen molar-refractivity contribution in [1.29, 1.82) is 0 Å². The Bertz CT molecular complexity index is 938. The van der Waals surface area contributed by atoms with Crippen LogP contribution in [0, 0.1) is 4.91 Å². The van der Waals surface area contributed by atoms with Crippen LogP contribution in [0.2, 0.25) is 0 Å². The molecule has 1 atom stereocenters. The molecular formula is C21H26N6OS. The van der Waals surface area contributed by atoms with Crippen molar-refractivity contribution in [2.24, 2.45) is 5.18 Å². The van der Waals surface area contributed by atoms with Gasteiger partial charge in [-0.25, -0.2) is 4.98 Å². The van der Waals surface area contributed by atoms with Gasteiger partial charge >= 0.3 is 0 Å². The van der Waals surface area contributed by atoms with E-state index in [4.69, 9.17) is 9.97 Å². The molecule has 29 heavy (non-hydrogen) atoms. The Hall–Kier alpha value is -2.35. The molecule has 0 aromatic carbocycles. The van der Waals surface area contributed by atoms with Gasteiger partial charge < -0.3 is 10.2 Å². The zero-order chi connectivity index (χ0) is 19.8. The Morgan fingerprint density at radius 1 is 1.24 bits per heavy atom. The summed E-state index contributed by atoms with van der Waals surface area (Å²) in [6.45, 7) is 2.19. The zero-order valence-corrected chi connectivity index (χ0v) is 17.3. The van der Waals surface area contributed by atoms with Crippen LogP contribution in [0.4, 0.5) is 11.8 Å². The molecule has 3 aliphatic rings. The molecule has 2 fully saturated rings. The molecule has 1 unspecified atom stereocenters. The Morgan fingerprint density at radius 2 is 2.00 bits per heavy atom. The highest BCUT2D eigenvalue weighted by atomic mass is 32.2. The SMILES string of the molecule is C=S1CCc2nc(N3CCC(c4ccncc4)CC3)nc(NC3(CN=O)CC3)c21. The fourth-order valence-corrected chi connectivity index (χ4v) is 5.90. The van der Waals surface area contributed by atoms with Crippen molar-refractivity contribution in [2.45, 2.75) is 48.5 Å².